The predicted octanol–water partition coefficient (Wildman–Crippen LogP) is 3.01. The minimum absolute atomic E-state index is 0.00957. The summed E-state index contributed by atoms with van der Waals surface area (Å²) in [6, 6.07) is 6.79. The van der Waals surface area contributed by atoms with Crippen LogP contribution in [0.25, 0.3) is 0 Å². The molecule has 1 rings (SSSR count). The van der Waals surface area contributed by atoms with Gasteiger partial charge in [0.05, 0.1) is 13.2 Å². The van der Waals surface area contributed by atoms with E-state index in [-0.39, 0.29) is 6.61 Å². The van der Waals surface area contributed by atoms with E-state index in [0.29, 0.717) is 24.5 Å². The lowest BCUT2D eigenvalue weighted by Crippen LogP contribution is -2.29. The van der Waals surface area contributed by atoms with Crippen LogP contribution in [0.5, 0.6) is 5.75 Å². The van der Waals surface area contributed by atoms with Gasteiger partial charge in [0.15, 0.2) is 6.10 Å². The van der Waals surface area contributed by atoms with E-state index in [0.717, 1.165) is 6.92 Å². The minimum Gasteiger partial charge on any atom is -0.494 e. The van der Waals surface area contributed by atoms with Gasteiger partial charge in [-0.2, -0.15) is 13.2 Å². The van der Waals surface area contributed by atoms with Gasteiger partial charge in [-0.25, -0.2) is 0 Å². The summed E-state index contributed by atoms with van der Waals surface area (Å²) >= 11 is 0. The molecule has 0 saturated heterocycles. The van der Waals surface area contributed by atoms with E-state index >= 15 is 0 Å². The Morgan fingerprint density at radius 3 is 2.33 bits per heavy atom. The van der Waals surface area contributed by atoms with Gasteiger partial charge in [0.1, 0.15) is 5.75 Å². The molecule has 0 aliphatic heterocycles. The van der Waals surface area contributed by atoms with Crippen LogP contribution in [0.15, 0.2) is 24.3 Å². The number of nitrogens with two attached hydrogens (primary N) is 1. The SMILES string of the molecule is CC(OCCCOc1ccc(N)cc1)C(F)(F)F. The van der Waals surface area contributed by atoms with Crippen molar-refractivity contribution in [2.75, 3.05) is 18.9 Å². The first kappa shape index (κ1) is 14.6. The zero-order chi connectivity index (χ0) is 13.6. The summed E-state index contributed by atoms with van der Waals surface area (Å²) in [7, 11) is 0. The Morgan fingerprint density at radius 1 is 1.17 bits per heavy atom. The first-order valence-electron chi connectivity index (χ1n) is 5.56. The Hall–Kier alpha value is -1.43. The maximum Gasteiger partial charge on any atom is 0.414 e. The molecule has 0 saturated carbocycles. The lowest BCUT2D eigenvalue weighted by molar-refractivity contribution is -0.214. The summed E-state index contributed by atoms with van der Waals surface area (Å²) in [6.45, 7) is 1.30. The van der Waals surface area contributed by atoms with Crippen molar-refractivity contribution in [2.45, 2.75) is 25.6 Å². The summed E-state index contributed by atoms with van der Waals surface area (Å²) in [6.07, 6.45) is -5.66. The van der Waals surface area contributed by atoms with Crippen molar-refractivity contribution in [3.63, 3.8) is 0 Å². The summed E-state index contributed by atoms with van der Waals surface area (Å²) < 4.78 is 46.2. The molecule has 18 heavy (non-hydrogen) atoms. The fourth-order valence-electron chi connectivity index (χ4n) is 1.17. The summed E-state index contributed by atoms with van der Waals surface area (Å²) in [5.74, 6) is 0.632. The van der Waals surface area contributed by atoms with Crippen LogP contribution < -0.4 is 10.5 Å². The third kappa shape index (κ3) is 5.27. The molecular formula is C12H16F3NO2. The van der Waals surface area contributed by atoms with Crippen LogP contribution in [0.3, 0.4) is 0 Å². The molecule has 0 aromatic heterocycles. The number of hydrogen-bond donors (Lipinski definition) is 1. The molecule has 2 N–H and O–H groups in total. The van der Waals surface area contributed by atoms with Gasteiger partial charge in [-0.1, -0.05) is 0 Å². The molecule has 0 amide bonds. The maximum absolute atomic E-state index is 12.1. The maximum atomic E-state index is 12.1. The summed E-state index contributed by atoms with van der Waals surface area (Å²) in [5.41, 5.74) is 6.12. The number of anilines is 1. The van der Waals surface area contributed by atoms with Crippen LogP contribution in [-0.4, -0.2) is 25.5 Å². The van der Waals surface area contributed by atoms with Crippen LogP contribution in [0.4, 0.5) is 18.9 Å². The summed E-state index contributed by atoms with van der Waals surface area (Å²) in [5, 5.41) is 0. The molecule has 1 unspecified atom stereocenters. The molecule has 0 fully saturated rings. The molecule has 6 heteroatoms. The van der Waals surface area contributed by atoms with Gasteiger partial charge in [-0.05, 0) is 31.2 Å². The average molecular weight is 263 g/mol. The Bertz CT molecular complexity index is 351. The molecule has 0 spiro atoms. The first-order chi connectivity index (χ1) is 8.39. The number of benzene rings is 1. The van der Waals surface area contributed by atoms with Crippen LogP contribution in [0.1, 0.15) is 13.3 Å². The fraction of sp³-hybridized carbons (Fsp3) is 0.500. The molecule has 0 aliphatic rings. The molecule has 1 aromatic carbocycles. The van der Waals surface area contributed by atoms with Gasteiger partial charge >= 0.3 is 6.18 Å². The summed E-state index contributed by atoms with van der Waals surface area (Å²) in [4.78, 5) is 0. The number of hydrogen-bond acceptors (Lipinski definition) is 3. The lowest BCUT2D eigenvalue weighted by atomic mass is 10.3. The second-order valence-electron chi connectivity index (χ2n) is 3.83. The third-order valence-corrected chi connectivity index (χ3v) is 2.27. The molecule has 0 radical (unpaired) electrons. The molecular weight excluding hydrogens is 247 g/mol. The molecule has 0 heterocycles. The van der Waals surface area contributed by atoms with Crippen molar-refractivity contribution in [1.29, 1.82) is 0 Å². The van der Waals surface area contributed by atoms with Crippen molar-refractivity contribution < 1.29 is 22.6 Å². The highest BCUT2D eigenvalue weighted by Crippen LogP contribution is 2.22. The van der Waals surface area contributed by atoms with Gasteiger partial charge < -0.3 is 15.2 Å². The van der Waals surface area contributed by atoms with Crippen molar-refractivity contribution in [1.82, 2.24) is 0 Å². The molecule has 0 bridgehead atoms. The minimum atomic E-state index is -4.31. The van der Waals surface area contributed by atoms with Gasteiger partial charge in [-0.15, -0.1) is 0 Å². The normalized spacial score (nSPS) is 13.3. The number of nitrogen functional groups attached to an aromatic ring is 1. The number of alkyl halides is 3. The van der Waals surface area contributed by atoms with Gasteiger partial charge in [0.2, 0.25) is 0 Å². The molecule has 3 nitrogen and oxygen atoms in total. The number of rotatable bonds is 6. The van der Waals surface area contributed by atoms with Gasteiger partial charge in [0, 0.05) is 12.1 Å². The lowest BCUT2D eigenvalue weighted by Gasteiger charge is -2.16. The zero-order valence-corrected chi connectivity index (χ0v) is 10.0. The van der Waals surface area contributed by atoms with E-state index in [4.69, 9.17) is 10.5 Å². The molecule has 1 aromatic rings. The van der Waals surface area contributed by atoms with E-state index in [1.807, 2.05) is 0 Å². The standard InChI is InChI=1S/C12H16F3NO2/c1-9(12(13,14)15)17-7-2-8-18-11-5-3-10(16)4-6-11/h3-6,9H,2,7-8,16H2,1H3. The quantitative estimate of drug-likeness (QED) is 0.634. The van der Waals surface area contributed by atoms with Gasteiger partial charge in [-0.3, -0.25) is 0 Å². The first-order valence-corrected chi connectivity index (χ1v) is 5.56. The van der Waals surface area contributed by atoms with Crippen molar-refractivity contribution >= 4 is 5.69 Å². The average Bonchev–Trinajstić information content (AvgIpc) is 2.29. The van der Waals surface area contributed by atoms with Gasteiger partial charge in [0.25, 0.3) is 0 Å². The van der Waals surface area contributed by atoms with E-state index in [9.17, 15) is 13.2 Å². The van der Waals surface area contributed by atoms with Crippen LogP contribution in [0, 0.1) is 0 Å². The third-order valence-electron chi connectivity index (χ3n) is 2.27. The predicted molar refractivity (Wildman–Crippen MR) is 62.4 cm³/mol. The van der Waals surface area contributed by atoms with Crippen molar-refractivity contribution in [2.24, 2.45) is 0 Å². The second-order valence-corrected chi connectivity index (χ2v) is 3.83. The fourth-order valence-corrected chi connectivity index (χ4v) is 1.17. The highest BCUT2D eigenvalue weighted by atomic mass is 19.4. The number of halogens is 3. The van der Waals surface area contributed by atoms with E-state index in [1.165, 1.54) is 0 Å². The topological polar surface area (TPSA) is 44.5 Å². The second kappa shape index (κ2) is 6.49. The molecule has 1 atom stereocenters. The number of ether oxygens (including phenoxy) is 2. The van der Waals surface area contributed by atoms with E-state index in [2.05, 4.69) is 4.74 Å². The van der Waals surface area contributed by atoms with Crippen molar-refractivity contribution in [3.05, 3.63) is 24.3 Å². The Morgan fingerprint density at radius 2 is 1.78 bits per heavy atom. The van der Waals surface area contributed by atoms with Crippen LogP contribution >= 0.6 is 0 Å². The largest absolute Gasteiger partial charge is 0.494 e. The van der Waals surface area contributed by atoms with Crippen LogP contribution in [0.2, 0.25) is 0 Å². The monoisotopic (exact) mass is 263 g/mol. The Labute approximate surface area is 104 Å². The Balaban J connectivity index is 2.14. The highest BCUT2D eigenvalue weighted by Gasteiger charge is 2.36. The zero-order valence-electron chi connectivity index (χ0n) is 10.0. The Kier molecular flexibility index (Phi) is 5.27. The smallest absolute Gasteiger partial charge is 0.414 e. The van der Waals surface area contributed by atoms with Crippen LogP contribution in [-0.2, 0) is 4.74 Å². The molecule has 0 aliphatic carbocycles. The molecule has 102 valence electrons. The van der Waals surface area contributed by atoms with E-state index in [1.54, 1.807) is 24.3 Å². The highest BCUT2D eigenvalue weighted by molar-refractivity contribution is 5.41. The van der Waals surface area contributed by atoms with E-state index < -0.39 is 12.3 Å². The van der Waals surface area contributed by atoms with Crippen molar-refractivity contribution in [3.8, 4) is 5.75 Å².